The molecule has 0 saturated carbocycles. The Bertz CT molecular complexity index is 525. The standard InChI is InChI=1S/C8H3BrClNO2S/c9-5-3-6(10)4-1-2-14-8(4)7(5)11(12)13/h1-3H. The Morgan fingerprint density at radius 1 is 1.57 bits per heavy atom. The fourth-order valence-electron chi connectivity index (χ4n) is 1.22. The molecular weight excluding hydrogens is 290 g/mol. The van der Waals surface area contributed by atoms with Crippen molar-refractivity contribution in [2.24, 2.45) is 0 Å². The minimum Gasteiger partial charge on any atom is -0.258 e. The number of nitro benzene ring substituents is 1. The molecule has 2 rings (SSSR count). The molecule has 0 radical (unpaired) electrons. The number of nitro groups is 1. The van der Waals surface area contributed by atoms with Gasteiger partial charge in [0.1, 0.15) is 4.70 Å². The first kappa shape index (κ1) is 9.89. The monoisotopic (exact) mass is 291 g/mol. The van der Waals surface area contributed by atoms with Crippen LogP contribution in [0, 0.1) is 10.1 Å². The van der Waals surface area contributed by atoms with Gasteiger partial charge in [-0.3, -0.25) is 10.1 Å². The number of thiophene rings is 1. The molecule has 1 heterocycles. The van der Waals surface area contributed by atoms with Crippen molar-refractivity contribution in [2.75, 3.05) is 0 Å². The zero-order valence-electron chi connectivity index (χ0n) is 6.66. The van der Waals surface area contributed by atoms with Crippen LogP contribution in [0.25, 0.3) is 10.1 Å². The van der Waals surface area contributed by atoms with Gasteiger partial charge in [-0.2, -0.15) is 0 Å². The van der Waals surface area contributed by atoms with Gasteiger partial charge in [-0.15, -0.1) is 11.3 Å². The Kier molecular flexibility index (Phi) is 2.47. The van der Waals surface area contributed by atoms with Crippen LogP contribution in [0.15, 0.2) is 22.0 Å². The number of fused-ring (bicyclic) bond motifs is 1. The molecule has 0 unspecified atom stereocenters. The van der Waals surface area contributed by atoms with Crippen LogP contribution < -0.4 is 0 Å². The van der Waals surface area contributed by atoms with E-state index in [1.165, 1.54) is 11.3 Å². The molecule has 0 aliphatic heterocycles. The predicted octanol–water partition coefficient (Wildman–Crippen LogP) is 4.23. The largest absolute Gasteiger partial charge is 0.301 e. The van der Waals surface area contributed by atoms with E-state index in [9.17, 15) is 10.1 Å². The molecule has 1 aromatic heterocycles. The second kappa shape index (κ2) is 3.49. The summed E-state index contributed by atoms with van der Waals surface area (Å²) >= 11 is 10.4. The summed E-state index contributed by atoms with van der Waals surface area (Å²) in [5, 5.41) is 13.8. The summed E-state index contributed by atoms with van der Waals surface area (Å²) in [6.07, 6.45) is 0. The number of rotatable bonds is 1. The Morgan fingerprint density at radius 2 is 2.29 bits per heavy atom. The molecular formula is C8H3BrClNO2S. The van der Waals surface area contributed by atoms with Gasteiger partial charge in [-0.25, -0.2) is 0 Å². The SMILES string of the molecule is O=[N+]([O-])c1c(Br)cc(Cl)c2ccsc12. The second-order valence-electron chi connectivity index (χ2n) is 2.61. The highest BCUT2D eigenvalue weighted by Gasteiger charge is 2.19. The highest BCUT2D eigenvalue weighted by atomic mass is 79.9. The third-order valence-corrected chi connectivity index (χ3v) is 3.64. The topological polar surface area (TPSA) is 43.1 Å². The zero-order chi connectivity index (χ0) is 10.3. The molecule has 2 aromatic rings. The average molecular weight is 293 g/mol. The molecule has 0 atom stereocenters. The van der Waals surface area contributed by atoms with E-state index in [0.29, 0.717) is 14.2 Å². The van der Waals surface area contributed by atoms with E-state index in [0.717, 1.165) is 5.39 Å². The van der Waals surface area contributed by atoms with Crippen molar-refractivity contribution in [3.05, 3.63) is 37.1 Å². The first-order valence-electron chi connectivity index (χ1n) is 3.61. The third-order valence-electron chi connectivity index (χ3n) is 1.80. The Labute approximate surface area is 96.6 Å². The first-order chi connectivity index (χ1) is 6.61. The number of hydrogen-bond donors (Lipinski definition) is 0. The second-order valence-corrected chi connectivity index (χ2v) is 4.79. The molecule has 1 aromatic carbocycles. The molecule has 0 aliphatic carbocycles. The predicted molar refractivity (Wildman–Crippen MR) is 61.2 cm³/mol. The van der Waals surface area contributed by atoms with Crippen LogP contribution in [-0.2, 0) is 0 Å². The van der Waals surface area contributed by atoms with Crippen molar-refractivity contribution in [1.29, 1.82) is 0 Å². The number of benzene rings is 1. The fraction of sp³-hybridized carbons (Fsp3) is 0. The third kappa shape index (κ3) is 1.41. The van der Waals surface area contributed by atoms with Crippen molar-refractivity contribution in [3.8, 4) is 0 Å². The van der Waals surface area contributed by atoms with Crippen LogP contribution in [0.2, 0.25) is 5.02 Å². The van der Waals surface area contributed by atoms with E-state index in [1.807, 2.05) is 0 Å². The average Bonchev–Trinajstić information content (AvgIpc) is 2.51. The lowest BCUT2D eigenvalue weighted by atomic mass is 10.2. The van der Waals surface area contributed by atoms with Gasteiger partial charge in [0, 0.05) is 5.39 Å². The van der Waals surface area contributed by atoms with Crippen molar-refractivity contribution in [3.63, 3.8) is 0 Å². The highest BCUT2D eigenvalue weighted by Crippen LogP contribution is 2.40. The molecule has 0 amide bonds. The van der Waals surface area contributed by atoms with Crippen LogP contribution in [-0.4, -0.2) is 4.92 Å². The van der Waals surface area contributed by atoms with E-state index in [-0.39, 0.29) is 5.69 Å². The minimum atomic E-state index is -0.404. The van der Waals surface area contributed by atoms with E-state index >= 15 is 0 Å². The maximum atomic E-state index is 10.8. The zero-order valence-corrected chi connectivity index (χ0v) is 9.82. The van der Waals surface area contributed by atoms with Gasteiger partial charge in [0.05, 0.1) is 14.4 Å². The van der Waals surface area contributed by atoms with Gasteiger partial charge in [0.15, 0.2) is 0 Å². The van der Waals surface area contributed by atoms with Gasteiger partial charge < -0.3 is 0 Å². The number of hydrogen-bond acceptors (Lipinski definition) is 3. The first-order valence-corrected chi connectivity index (χ1v) is 5.66. The van der Waals surface area contributed by atoms with Gasteiger partial charge in [0.25, 0.3) is 0 Å². The van der Waals surface area contributed by atoms with E-state index in [2.05, 4.69) is 15.9 Å². The van der Waals surface area contributed by atoms with Crippen LogP contribution in [0.3, 0.4) is 0 Å². The molecule has 0 fully saturated rings. The van der Waals surface area contributed by atoms with E-state index in [4.69, 9.17) is 11.6 Å². The maximum absolute atomic E-state index is 10.8. The minimum absolute atomic E-state index is 0.0828. The van der Waals surface area contributed by atoms with Crippen molar-refractivity contribution >= 4 is 54.6 Å². The summed E-state index contributed by atoms with van der Waals surface area (Å²) in [4.78, 5) is 10.4. The molecule has 0 bridgehead atoms. The van der Waals surface area contributed by atoms with Crippen LogP contribution in [0.5, 0.6) is 0 Å². The van der Waals surface area contributed by atoms with Gasteiger partial charge >= 0.3 is 5.69 Å². The smallest absolute Gasteiger partial charge is 0.258 e. The molecule has 0 N–H and O–H groups in total. The Morgan fingerprint density at radius 3 is 2.93 bits per heavy atom. The highest BCUT2D eigenvalue weighted by molar-refractivity contribution is 9.10. The summed E-state index contributed by atoms with van der Waals surface area (Å²) in [7, 11) is 0. The summed E-state index contributed by atoms with van der Waals surface area (Å²) in [5.41, 5.74) is 0.0828. The van der Waals surface area contributed by atoms with Gasteiger partial charge in [-0.05, 0) is 33.4 Å². The number of halogens is 2. The van der Waals surface area contributed by atoms with Gasteiger partial charge in [-0.1, -0.05) is 11.6 Å². The molecule has 0 aliphatic rings. The normalized spacial score (nSPS) is 10.7. The Hall–Kier alpha value is -0.650. The molecule has 3 nitrogen and oxygen atoms in total. The van der Waals surface area contributed by atoms with Crippen molar-refractivity contribution in [2.45, 2.75) is 0 Å². The lowest BCUT2D eigenvalue weighted by Gasteiger charge is -1.98. The Balaban J connectivity index is 2.93. The lowest BCUT2D eigenvalue weighted by molar-refractivity contribution is -0.383. The van der Waals surface area contributed by atoms with E-state index < -0.39 is 4.92 Å². The molecule has 6 heteroatoms. The quantitative estimate of drug-likeness (QED) is 0.583. The fourth-order valence-corrected chi connectivity index (χ4v) is 3.32. The summed E-state index contributed by atoms with van der Waals surface area (Å²) in [5.74, 6) is 0. The number of nitrogens with zero attached hydrogens (tertiary/aromatic N) is 1. The molecule has 0 spiro atoms. The van der Waals surface area contributed by atoms with Crippen LogP contribution in [0.4, 0.5) is 5.69 Å². The lowest BCUT2D eigenvalue weighted by Crippen LogP contribution is -1.89. The summed E-state index contributed by atoms with van der Waals surface area (Å²) < 4.78 is 1.02. The van der Waals surface area contributed by atoms with Crippen molar-refractivity contribution in [1.82, 2.24) is 0 Å². The molecule has 14 heavy (non-hydrogen) atoms. The maximum Gasteiger partial charge on any atom is 0.301 e. The summed E-state index contributed by atoms with van der Waals surface area (Å²) in [6.45, 7) is 0. The van der Waals surface area contributed by atoms with Crippen LogP contribution in [0.1, 0.15) is 0 Å². The van der Waals surface area contributed by atoms with Crippen molar-refractivity contribution < 1.29 is 4.92 Å². The molecule has 0 saturated heterocycles. The van der Waals surface area contributed by atoms with Crippen LogP contribution >= 0.6 is 38.9 Å². The molecule has 72 valence electrons. The van der Waals surface area contributed by atoms with E-state index in [1.54, 1.807) is 17.5 Å². The van der Waals surface area contributed by atoms with Gasteiger partial charge in [0.2, 0.25) is 0 Å². The summed E-state index contributed by atoms with van der Waals surface area (Å²) in [6, 6.07) is 3.33.